The van der Waals surface area contributed by atoms with E-state index in [1.807, 2.05) is 0 Å². The van der Waals surface area contributed by atoms with Crippen molar-refractivity contribution >= 4 is 8.07 Å². The number of hydrogen-bond acceptors (Lipinski definition) is 0. The fourth-order valence-corrected chi connectivity index (χ4v) is 15.1. The molecule has 0 aromatic carbocycles. The molecule has 0 spiro atoms. The van der Waals surface area contributed by atoms with E-state index in [9.17, 15) is 0 Å². The van der Waals surface area contributed by atoms with Crippen molar-refractivity contribution in [3.63, 3.8) is 0 Å². The van der Waals surface area contributed by atoms with Crippen LogP contribution in [0.25, 0.3) is 0 Å². The predicted molar refractivity (Wildman–Crippen MR) is 96.2 cm³/mol. The zero-order valence-electron chi connectivity index (χ0n) is 15.7. The van der Waals surface area contributed by atoms with Gasteiger partial charge in [0.15, 0.2) is 0 Å². The van der Waals surface area contributed by atoms with Gasteiger partial charge in [-0.25, -0.2) is 0 Å². The fraction of sp³-hybridized carbons (Fsp3) is 0.789. The molecule has 1 heteroatoms. The van der Waals surface area contributed by atoms with E-state index in [1.165, 1.54) is 0 Å². The van der Waals surface area contributed by atoms with Crippen LogP contribution in [0, 0.1) is 0 Å². The van der Waals surface area contributed by atoms with Gasteiger partial charge in [0.1, 0.15) is 0 Å². The Morgan fingerprint density at radius 1 is 0.650 bits per heavy atom. The summed E-state index contributed by atoms with van der Waals surface area (Å²) in [4.78, 5) is 0. The number of rotatable bonds is 4. The van der Waals surface area contributed by atoms with Crippen LogP contribution in [0.1, 0.15) is 76.2 Å². The third-order valence-electron chi connectivity index (χ3n) is 6.92. The Hall–Kier alpha value is -0.303. The van der Waals surface area contributed by atoms with Gasteiger partial charge in [0, 0.05) is 5.04 Å². The minimum Gasteiger partial charge on any atom is -0.0651 e. The monoisotopic (exact) mass is 292 g/mol. The summed E-state index contributed by atoms with van der Waals surface area (Å²) in [5.74, 6) is 0. The van der Waals surface area contributed by atoms with Crippen molar-refractivity contribution in [1.82, 2.24) is 0 Å². The Kier molecular flexibility index (Phi) is 4.86. The molecule has 0 N–H and O–H groups in total. The molecule has 116 valence electrons. The van der Waals surface area contributed by atoms with Gasteiger partial charge in [0.2, 0.25) is 0 Å². The van der Waals surface area contributed by atoms with Crippen LogP contribution in [0.4, 0.5) is 0 Å². The standard InChI is InChI=1S/C19H36Si/c1-12(2)20(13(3)4,14(5)6)19(11)17(9)15(7)16(8)18(19)10/h12-14H,1-11H3. The summed E-state index contributed by atoms with van der Waals surface area (Å²) in [5.41, 5.74) is 8.85. The van der Waals surface area contributed by atoms with Gasteiger partial charge in [0.05, 0.1) is 8.07 Å². The highest BCUT2D eigenvalue weighted by atomic mass is 28.3. The highest BCUT2D eigenvalue weighted by Gasteiger charge is 2.59. The minimum absolute atomic E-state index is 0.331. The van der Waals surface area contributed by atoms with Gasteiger partial charge in [-0.15, -0.1) is 0 Å². The molecule has 0 nitrogen and oxygen atoms in total. The smallest absolute Gasteiger partial charge is 0.0651 e. The minimum atomic E-state index is -1.54. The van der Waals surface area contributed by atoms with E-state index in [0.717, 1.165) is 16.6 Å². The summed E-state index contributed by atoms with van der Waals surface area (Å²) in [6, 6.07) is 0. The molecule has 0 bridgehead atoms. The molecule has 0 aromatic heterocycles. The molecule has 0 aromatic rings. The Morgan fingerprint density at radius 3 is 1.10 bits per heavy atom. The molecular weight excluding hydrogens is 256 g/mol. The molecule has 0 saturated heterocycles. The van der Waals surface area contributed by atoms with Gasteiger partial charge in [-0.3, -0.25) is 0 Å². The molecule has 0 aliphatic heterocycles. The normalized spacial score (nSPS) is 20.1. The van der Waals surface area contributed by atoms with E-state index in [4.69, 9.17) is 0 Å². The average Bonchev–Trinajstić information content (AvgIpc) is 2.45. The molecule has 0 radical (unpaired) electrons. The molecule has 0 heterocycles. The second-order valence-corrected chi connectivity index (χ2v) is 14.4. The van der Waals surface area contributed by atoms with Crippen molar-refractivity contribution < 1.29 is 0 Å². The van der Waals surface area contributed by atoms with Crippen LogP contribution in [0.2, 0.25) is 21.7 Å². The van der Waals surface area contributed by atoms with E-state index in [0.29, 0.717) is 5.04 Å². The fourth-order valence-electron chi connectivity index (χ4n) is 5.98. The largest absolute Gasteiger partial charge is 0.0767 e. The highest BCUT2D eigenvalue weighted by Crippen LogP contribution is 2.67. The van der Waals surface area contributed by atoms with Crippen molar-refractivity contribution in [3.8, 4) is 0 Å². The molecule has 0 fully saturated rings. The number of allylic oxidation sites excluding steroid dienone is 4. The van der Waals surface area contributed by atoms with Gasteiger partial charge in [-0.05, 0) is 55.5 Å². The van der Waals surface area contributed by atoms with E-state index < -0.39 is 8.07 Å². The molecule has 0 unspecified atom stereocenters. The van der Waals surface area contributed by atoms with Crippen molar-refractivity contribution in [2.45, 2.75) is 97.8 Å². The summed E-state index contributed by atoms with van der Waals surface area (Å²) in [5, 5.41) is 0.331. The van der Waals surface area contributed by atoms with Gasteiger partial charge >= 0.3 is 0 Å². The SMILES string of the molecule is CC1=C(C)C(C)([Si](C(C)C)(C(C)C)C(C)C)C(C)=C1C. The lowest BCUT2D eigenvalue weighted by molar-refractivity contribution is 0.674. The van der Waals surface area contributed by atoms with E-state index in [-0.39, 0.29) is 0 Å². The van der Waals surface area contributed by atoms with Crippen LogP contribution in [0.5, 0.6) is 0 Å². The van der Waals surface area contributed by atoms with Crippen LogP contribution in [-0.4, -0.2) is 8.07 Å². The molecule has 20 heavy (non-hydrogen) atoms. The number of hydrogen-bond donors (Lipinski definition) is 0. The Morgan fingerprint density at radius 2 is 0.900 bits per heavy atom. The van der Waals surface area contributed by atoms with Crippen molar-refractivity contribution in [3.05, 3.63) is 22.3 Å². The van der Waals surface area contributed by atoms with Crippen molar-refractivity contribution in [1.29, 1.82) is 0 Å². The first kappa shape index (κ1) is 17.7. The van der Waals surface area contributed by atoms with Gasteiger partial charge < -0.3 is 0 Å². The van der Waals surface area contributed by atoms with Crippen LogP contribution in [0.3, 0.4) is 0 Å². The summed E-state index contributed by atoms with van der Waals surface area (Å²) in [6.45, 7) is 27.0. The zero-order chi connectivity index (χ0) is 16.0. The zero-order valence-corrected chi connectivity index (χ0v) is 16.7. The first-order chi connectivity index (χ1) is 8.97. The topological polar surface area (TPSA) is 0 Å². The quantitative estimate of drug-likeness (QED) is 0.484. The Labute approximate surface area is 128 Å². The molecular formula is C19H36Si. The second-order valence-electron chi connectivity index (χ2n) is 8.02. The van der Waals surface area contributed by atoms with Gasteiger partial charge in [-0.2, -0.15) is 0 Å². The van der Waals surface area contributed by atoms with Crippen LogP contribution in [-0.2, 0) is 0 Å². The van der Waals surface area contributed by atoms with Crippen LogP contribution < -0.4 is 0 Å². The maximum atomic E-state index is 2.57. The van der Waals surface area contributed by atoms with E-state index >= 15 is 0 Å². The van der Waals surface area contributed by atoms with Crippen LogP contribution in [0.15, 0.2) is 22.3 Å². The highest BCUT2D eigenvalue weighted by molar-refractivity contribution is 6.87. The van der Waals surface area contributed by atoms with Crippen molar-refractivity contribution in [2.24, 2.45) is 0 Å². The third-order valence-corrected chi connectivity index (χ3v) is 15.1. The lowest BCUT2D eigenvalue weighted by Crippen LogP contribution is -2.54. The molecule has 0 saturated carbocycles. The molecule has 0 atom stereocenters. The molecule has 1 aliphatic carbocycles. The second kappa shape index (κ2) is 5.48. The predicted octanol–water partition coefficient (Wildman–Crippen LogP) is 7.11. The summed E-state index contributed by atoms with van der Waals surface area (Å²) in [7, 11) is -1.54. The van der Waals surface area contributed by atoms with Gasteiger partial charge in [0.25, 0.3) is 0 Å². The van der Waals surface area contributed by atoms with E-state index in [2.05, 4.69) is 76.2 Å². The maximum Gasteiger partial charge on any atom is 0.0767 e. The molecule has 0 amide bonds. The first-order valence-corrected chi connectivity index (χ1v) is 10.6. The third kappa shape index (κ3) is 1.92. The maximum absolute atomic E-state index is 2.57. The first-order valence-electron chi connectivity index (χ1n) is 8.33. The molecule has 1 aliphatic rings. The molecule has 1 rings (SSSR count). The summed E-state index contributed by atoms with van der Waals surface area (Å²) < 4.78 is 0. The lowest BCUT2D eigenvalue weighted by atomic mass is 9.97. The van der Waals surface area contributed by atoms with Crippen LogP contribution >= 0.6 is 0 Å². The lowest BCUT2D eigenvalue weighted by Gasteiger charge is -2.56. The summed E-state index contributed by atoms with van der Waals surface area (Å²) in [6.07, 6.45) is 0. The van der Waals surface area contributed by atoms with E-state index in [1.54, 1.807) is 22.3 Å². The Balaban J connectivity index is 3.75. The van der Waals surface area contributed by atoms with Gasteiger partial charge in [-0.1, -0.05) is 59.6 Å². The van der Waals surface area contributed by atoms with Crippen molar-refractivity contribution in [2.75, 3.05) is 0 Å². The summed E-state index contributed by atoms with van der Waals surface area (Å²) >= 11 is 0. The Bertz CT molecular complexity index is 401. The average molecular weight is 293 g/mol.